The number of aromatic nitrogens is 2. The molecule has 10 heteroatoms. The van der Waals surface area contributed by atoms with Crippen LogP contribution >= 0.6 is 0 Å². The molecule has 5 rings (SSSR count). The first-order valence-corrected chi connectivity index (χ1v) is 12.7. The predicted molar refractivity (Wildman–Crippen MR) is 136 cm³/mol. The van der Waals surface area contributed by atoms with Gasteiger partial charge < -0.3 is 30.0 Å². The van der Waals surface area contributed by atoms with Crippen LogP contribution in [-0.4, -0.2) is 68.9 Å². The number of hydrogen-bond acceptors (Lipinski definition) is 9. The first kappa shape index (κ1) is 25.2. The smallest absolute Gasteiger partial charge is 0.251 e. The van der Waals surface area contributed by atoms with Crippen molar-refractivity contribution >= 4 is 11.7 Å². The molecule has 1 amide bonds. The normalized spacial score (nSPS) is 20.0. The molecule has 2 aromatic heterocycles. The molecule has 3 aromatic rings. The van der Waals surface area contributed by atoms with Crippen molar-refractivity contribution in [3.8, 4) is 5.75 Å². The molecule has 1 aliphatic heterocycles. The summed E-state index contributed by atoms with van der Waals surface area (Å²) in [5.41, 5.74) is 4.12. The first-order valence-electron chi connectivity index (χ1n) is 12.7. The third-order valence-corrected chi connectivity index (χ3v) is 7.03. The quantitative estimate of drug-likeness (QED) is 0.325. The molecule has 37 heavy (non-hydrogen) atoms. The van der Waals surface area contributed by atoms with Crippen molar-refractivity contribution in [3.63, 3.8) is 0 Å². The maximum absolute atomic E-state index is 12.6. The van der Waals surface area contributed by atoms with E-state index in [1.165, 1.54) is 17.5 Å². The Kier molecular flexibility index (Phi) is 7.68. The Balaban J connectivity index is 1.09. The van der Waals surface area contributed by atoms with E-state index in [0.29, 0.717) is 43.1 Å². The minimum Gasteiger partial charge on any atom is -0.485 e. The van der Waals surface area contributed by atoms with Gasteiger partial charge in [0.1, 0.15) is 18.2 Å². The van der Waals surface area contributed by atoms with Gasteiger partial charge in [-0.3, -0.25) is 9.69 Å². The molecule has 0 radical (unpaired) electrons. The van der Waals surface area contributed by atoms with Gasteiger partial charge in [-0.25, -0.2) is 9.97 Å². The summed E-state index contributed by atoms with van der Waals surface area (Å²) in [5, 5.41) is 26.1. The van der Waals surface area contributed by atoms with Gasteiger partial charge in [0.05, 0.1) is 18.4 Å². The largest absolute Gasteiger partial charge is 0.485 e. The molecule has 1 atom stereocenters. The molecule has 1 aromatic carbocycles. The van der Waals surface area contributed by atoms with Crippen LogP contribution in [0.1, 0.15) is 45.7 Å². The molecule has 0 spiro atoms. The molecule has 3 heterocycles. The lowest BCUT2D eigenvalue weighted by molar-refractivity contribution is 0.0831. The number of aliphatic hydroxyl groups is 2. The summed E-state index contributed by atoms with van der Waals surface area (Å²) in [5.74, 6) is 1.88. The number of nitrogens with one attached hydrogen (secondary N) is 2. The molecule has 0 bridgehead atoms. The topological polar surface area (TPSA) is 133 Å². The van der Waals surface area contributed by atoms with Gasteiger partial charge in [-0.15, -0.1) is 0 Å². The van der Waals surface area contributed by atoms with Crippen LogP contribution in [0.25, 0.3) is 0 Å². The Morgan fingerprint density at radius 3 is 2.97 bits per heavy atom. The fraction of sp³-hybridized carbons (Fsp3) is 0.444. The zero-order valence-corrected chi connectivity index (χ0v) is 20.9. The van der Waals surface area contributed by atoms with Crippen molar-refractivity contribution in [2.45, 2.75) is 57.6 Å². The number of benzene rings is 1. The summed E-state index contributed by atoms with van der Waals surface area (Å²) in [7, 11) is 0. The van der Waals surface area contributed by atoms with Crippen LogP contribution in [0.15, 0.2) is 47.5 Å². The lowest BCUT2D eigenvalue weighted by Crippen LogP contribution is -2.42. The Labute approximate surface area is 215 Å². The molecular formula is C27H33N5O5. The number of nitrogens with zero attached hydrogens (tertiary/aromatic N) is 3. The van der Waals surface area contributed by atoms with Crippen molar-refractivity contribution in [2.24, 2.45) is 0 Å². The van der Waals surface area contributed by atoms with Crippen molar-refractivity contribution in [2.75, 3.05) is 25.0 Å². The highest BCUT2D eigenvalue weighted by atomic mass is 16.5. The van der Waals surface area contributed by atoms with Crippen LogP contribution in [0.5, 0.6) is 5.75 Å². The molecule has 10 nitrogen and oxygen atoms in total. The average molecular weight is 508 g/mol. The van der Waals surface area contributed by atoms with Crippen LogP contribution in [0, 0.1) is 6.92 Å². The number of hydrogen-bond donors (Lipinski definition) is 4. The van der Waals surface area contributed by atoms with Crippen LogP contribution in [0.3, 0.4) is 0 Å². The zero-order valence-electron chi connectivity index (χ0n) is 20.9. The molecule has 1 aliphatic carbocycles. The van der Waals surface area contributed by atoms with Crippen molar-refractivity contribution in [1.82, 2.24) is 20.2 Å². The monoisotopic (exact) mass is 507 g/mol. The molecule has 2 aliphatic rings. The number of carbonyl (C=O) groups excluding carboxylic acids is 1. The molecule has 1 unspecified atom stereocenters. The fourth-order valence-corrected chi connectivity index (χ4v) is 4.89. The second kappa shape index (κ2) is 11.3. The highest BCUT2D eigenvalue weighted by Gasteiger charge is 2.27. The predicted octanol–water partition coefficient (Wildman–Crippen LogP) is 2.04. The van der Waals surface area contributed by atoms with Crippen molar-refractivity contribution < 1.29 is 24.2 Å². The lowest BCUT2D eigenvalue weighted by atomic mass is 9.89. The number of amides is 1. The van der Waals surface area contributed by atoms with Crippen LogP contribution in [0.4, 0.5) is 5.82 Å². The van der Waals surface area contributed by atoms with E-state index in [2.05, 4.69) is 38.5 Å². The minimum atomic E-state index is -0.688. The molecular weight excluding hydrogens is 474 g/mol. The number of fused-ring (bicyclic) bond motifs is 1. The van der Waals surface area contributed by atoms with Crippen LogP contribution < -0.4 is 15.4 Å². The third kappa shape index (κ3) is 6.27. The molecule has 4 N–H and O–H groups in total. The van der Waals surface area contributed by atoms with E-state index in [1.54, 1.807) is 24.5 Å². The van der Waals surface area contributed by atoms with Crippen molar-refractivity contribution in [3.05, 3.63) is 71.1 Å². The van der Waals surface area contributed by atoms with E-state index in [1.807, 2.05) is 6.07 Å². The summed E-state index contributed by atoms with van der Waals surface area (Å²) < 4.78 is 11.2. The number of carbonyl (C=O) groups is 1. The second-order valence-electron chi connectivity index (χ2n) is 9.83. The molecule has 196 valence electrons. The maximum Gasteiger partial charge on any atom is 0.251 e. The van der Waals surface area contributed by atoms with E-state index in [9.17, 15) is 15.0 Å². The number of pyridine rings is 1. The Morgan fingerprint density at radius 1 is 1.32 bits per heavy atom. The third-order valence-electron chi connectivity index (χ3n) is 7.03. The average Bonchev–Trinajstić information content (AvgIpc) is 3.40. The molecule has 0 saturated heterocycles. The van der Waals surface area contributed by atoms with E-state index in [4.69, 9.17) is 9.15 Å². The van der Waals surface area contributed by atoms with Gasteiger partial charge in [0, 0.05) is 44.0 Å². The zero-order chi connectivity index (χ0) is 25.8. The highest BCUT2D eigenvalue weighted by Crippen LogP contribution is 2.30. The van der Waals surface area contributed by atoms with Gasteiger partial charge >= 0.3 is 0 Å². The van der Waals surface area contributed by atoms with Gasteiger partial charge in [0.15, 0.2) is 12.2 Å². The molecule has 1 fully saturated rings. The number of rotatable bonds is 10. The van der Waals surface area contributed by atoms with E-state index >= 15 is 0 Å². The van der Waals surface area contributed by atoms with Gasteiger partial charge in [-0.1, -0.05) is 6.07 Å². The summed E-state index contributed by atoms with van der Waals surface area (Å²) >= 11 is 0. The number of aliphatic hydroxyl groups excluding tert-OH is 2. The van der Waals surface area contributed by atoms with Crippen LogP contribution in [0.2, 0.25) is 0 Å². The second-order valence-corrected chi connectivity index (χ2v) is 9.83. The number of anilines is 1. The van der Waals surface area contributed by atoms with Gasteiger partial charge in [0.25, 0.3) is 5.91 Å². The number of oxazole rings is 1. The van der Waals surface area contributed by atoms with Gasteiger partial charge in [-0.05, 0) is 61.1 Å². The van der Waals surface area contributed by atoms with Crippen molar-refractivity contribution in [1.29, 1.82) is 0 Å². The van der Waals surface area contributed by atoms with Crippen LogP contribution in [-0.2, 0) is 19.6 Å². The standard InChI is InChI=1S/C27H33N5O5/c1-17-24-5-7-32(13-19(24)2-3-25(17)36-15-23-12-28-16-37-23)14-22(34)11-30-27(35)18-4-6-29-26(8-18)31-20-9-21(33)10-20/h2-4,6,8,12,16,20-22,33-34H,5,7,9-11,13-15H2,1H3,(H,29,31)(H,30,35). The summed E-state index contributed by atoms with van der Waals surface area (Å²) in [4.78, 5) is 23.0. The Hall–Kier alpha value is -3.47. The number of β-amino-alcohol motifs (C(OH)–C–C–N with tert-alkyl or cyclic N) is 1. The Morgan fingerprint density at radius 2 is 2.19 bits per heavy atom. The van der Waals surface area contributed by atoms with Gasteiger partial charge in [0.2, 0.25) is 0 Å². The van der Waals surface area contributed by atoms with E-state index < -0.39 is 6.10 Å². The first-order chi connectivity index (χ1) is 17.9. The summed E-state index contributed by atoms with van der Waals surface area (Å²) in [6.07, 6.45) is 5.91. The minimum absolute atomic E-state index is 0.162. The van der Waals surface area contributed by atoms with Gasteiger partial charge in [-0.2, -0.15) is 0 Å². The summed E-state index contributed by atoms with van der Waals surface area (Å²) in [6.45, 7) is 4.60. The Bertz CT molecular complexity index is 1210. The highest BCUT2D eigenvalue weighted by molar-refractivity contribution is 5.94. The lowest BCUT2D eigenvalue weighted by Gasteiger charge is -2.32. The maximum atomic E-state index is 12.6. The number of ether oxygens (including phenoxy) is 1. The fourth-order valence-electron chi connectivity index (χ4n) is 4.89. The SMILES string of the molecule is Cc1c(OCc2cnco2)ccc2c1CCN(CC(O)CNC(=O)c1ccnc(NC3CC(O)C3)c1)C2. The van der Waals surface area contributed by atoms with E-state index in [0.717, 1.165) is 30.8 Å². The van der Waals surface area contributed by atoms with E-state index in [-0.39, 0.29) is 24.6 Å². The molecule has 1 saturated carbocycles. The summed E-state index contributed by atoms with van der Waals surface area (Å²) in [6, 6.07) is 7.59.